The quantitative estimate of drug-likeness (QED) is 0.154. The van der Waals surface area contributed by atoms with Gasteiger partial charge in [-0.15, -0.1) is 11.8 Å². The second-order valence-electron chi connectivity index (χ2n) is 13.4. The van der Waals surface area contributed by atoms with Gasteiger partial charge < -0.3 is 18.9 Å². The predicted molar refractivity (Wildman–Crippen MR) is 177 cm³/mol. The number of anilines is 1. The lowest BCUT2D eigenvalue weighted by atomic mass is 9.95. The molecule has 6 rings (SSSR count). The fourth-order valence-corrected chi connectivity index (χ4v) is 7.80. The van der Waals surface area contributed by atoms with Crippen LogP contribution in [-0.4, -0.2) is 68.3 Å². The normalized spacial score (nSPS) is 19.9. The summed E-state index contributed by atoms with van der Waals surface area (Å²) in [6.45, 7) is 10.5. The number of hydrogen-bond acceptors (Lipinski definition) is 9. The lowest BCUT2D eigenvalue weighted by molar-refractivity contribution is -0.137. The molecule has 10 nitrogen and oxygen atoms in total. The molecule has 17 heteroatoms. The van der Waals surface area contributed by atoms with Gasteiger partial charge in [0.25, 0.3) is 5.88 Å². The Labute approximate surface area is 292 Å². The molecule has 3 atom stereocenters. The van der Waals surface area contributed by atoms with Crippen molar-refractivity contribution in [2.75, 3.05) is 23.7 Å². The molecule has 0 bridgehead atoms. The van der Waals surface area contributed by atoms with E-state index < -0.39 is 75.1 Å². The summed E-state index contributed by atoms with van der Waals surface area (Å²) < 4.78 is 92.8. The average molecular weight is 742 g/mol. The van der Waals surface area contributed by atoms with Gasteiger partial charge in [-0.25, -0.2) is 18.4 Å². The second-order valence-corrected chi connectivity index (χ2v) is 14.9. The summed E-state index contributed by atoms with van der Waals surface area (Å²) in [4.78, 5) is 34.5. The van der Waals surface area contributed by atoms with Crippen molar-refractivity contribution in [3.63, 3.8) is 0 Å². The highest BCUT2D eigenvalue weighted by Gasteiger charge is 2.41. The maximum atomic E-state index is 15.5. The number of carbonyl (C=O) groups is 1. The first-order valence-electron chi connectivity index (χ1n) is 15.6. The van der Waals surface area contributed by atoms with E-state index in [0.717, 1.165) is 23.9 Å². The molecule has 4 heterocycles. The molecule has 0 unspecified atom stereocenters. The van der Waals surface area contributed by atoms with Gasteiger partial charge in [0, 0.05) is 52.4 Å². The number of piperazine rings is 1. The van der Waals surface area contributed by atoms with Crippen LogP contribution in [0.4, 0.5) is 32.6 Å². The zero-order valence-electron chi connectivity index (χ0n) is 27.8. The minimum Gasteiger partial charge on any atom is -0.469 e. The van der Waals surface area contributed by atoms with E-state index in [2.05, 4.69) is 10.1 Å². The van der Waals surface area contributed by atoms with E-state index in [1.54, 1.807) is 51.3 Å². The molecule has 2 aliphatic heterocycles. The fraction of sp³-hybridized carbons (Fsp3) is 0.455. The van der Waals surface area contributed by atoms with E-state index in [4.69, 9.17) is 25.6 Å². The third-order valence-electron chi connectivity index (χ3n) is 8.30. The molecule has 2 aromatic carbocycles. The number of amides is 1. The summed E-state index contributed by atoms with van der Waals surface area (Å²) in [5.41, 5.74) is -3.92. The van der Waals surface area contributed by atoms with Crippen LogP contribution in [0.1, 0.15) is 45.9 Å². The Morgan fingerprint density at radius 2 is 1.72 bits per heavy atom. The standard InChI is InChI=1S/C33H33ClF5N5O5S/c1-15-11-42(12-16(2)44(15)31(46)48-32(4,5)6)29-20-8-21(33(37,38)39)26(19-9-22(34)24(36)10-23(19)35)28-27(20)43(30(45)40-29)13-18(14-50-28)47-25-7-17(3)49-41-25/h7-10,15-16,18H,11-14H2,1-6H3/t15-,16+,18-/m0/s1. The Morgan fingerprint density at radius 3 is 2.32 bits per heavy atom. The third kappa shape index (κ3) is 6.83. The number of aromatic nitrogens is 3. The van der Waals surface area contributed by atoms with Crippen molar-refractivity contribution >= 4 is 46.2 Å². The Bertz CT molecular complexity index is 2040. The van der Waals surface area contributed by atoms with E-state index in [9.17, 15) is 14.0 Å². The highest BCUT2D eigenvalue weighted by molar-refractivity contribution is 7.99. The zero-order valence-corrected chi connectivity index (χ0v) is 29.4. The summed E-state index contributed by atoms with van der Waals surface area (Å²) in [6, 6.07) is 2.61. The smallest absolute Gasteiger partial charge is 0.417 e. The van der Waals surface area contributed by atoms with E-state index in [0.29, 0.717) is 11.8 Å². The maximum Gasteiger partial charge on any atom is 0.417 e. The minimum absolute atomic E-state index is 0.00491. The van der Waals surface area contributed by atoms with Gasteiger partial charge in [0.1, 0.15) is 34.9 Å². The number of ether oxygens (including phenoxy) is 2. The Kier molecular flexibility index (Phi) is 9.25. The van der Waals surface area contributed by atoms with Crippen molar-refractivity contribution in [3.8, 4) is 17.0 Å². The van der Waals surface area contributed by atoms with Crippen LogP contribution in [0.3, 0.4) is 0 Å². The number of benzene rings is 2. The van der Waals surface area contributed by atoms with Crippen LogP contribution < -0.4 is 15.3 Å². The number of rotatable bonds is 4. The van der Waals surface area contributed by atoms with Gasteiger partial charge in [-0.2, -0.15) is 18.2 Å². The van der Waals surface area contributed by atoms with Crippen molar-refractivity contribution in [2.24, 2.45) is 0 Å². The predicted octanol–water partition coefficient (Wildman–Crippen LogP) is 7.70. The maximum absolute atomic E-state index is 15.5. The monoisotopic (exact) mass is 741 g/mol. The molecule has 1 saturated heterocycles. The first-order chi connectivity index (χ1) is 23.3. The van der Waals surface area contributed by atoms with Crippen LogP contribution in [0.15, 0.2) is 38.5 Å². The summed E-state index contributed by atoms with van der Waals surface area (Å²) in [5, 5.41) is 3.22. The number of alkyl halides is 3. The summed E-state index contributed by atoms with van der Waals surface area (Å²) in [7, 11) is 0. The van der Waals surface area contributed by atoms with Crippen molar-refractivity contribution < 1.29 is 40.7 Å². The van der Waals surface area contributed by atoms with Gasteiger partial charge >= 0.3 is 18.0 Å². The molecule has 2 aliphatic rings. The van der Waals surface area contributed by atoms with E-state index in [1.165, 1.54) is 10.6 Å². The minimum atomic E-state index is -5.04. The molecule has 268 valence electrons. The van der Waals surface area contributed by atoms with Crippen molar-refractivity contribution in [2.45, 2.75) is 82.9 Å². The number of hydrogen-bond donors (Lipinski definition) is 0. The molecule has 0 saturated carbocycles. The lowest BCUT2D eigenvalue weighted by Gasteiger charge is -2.45. The molecule has 0 spiro atoms. The van der Waals surface area contributed by atoms with Crippen LogP contribution in [0, 0.1) is 18.6 Å². The summed E-state index contributed by atoms with van der Waals surface area (Å²) >= 11 is 6.90. The lowest BCUT2D eigenvalue weighted by Crippen LogP contribution is -2.59. The molecule has 50 heavy (non-hydrogen) atoms. The summed E-state index contributed by atoms with van der Waals surface area (Å²) in [6.07, 6.45) is -6.40. The zero-order chi connectivity index (χ0) is 36.4. The Morgan fingerprint density at radius 1 is 1.04 bits per heavy atom. The highest BCUT2D eigenvalue weighted by Crippen LogP contribution is 2.49. The van der Waals surface area contributed by atoms with Crippen molar-refractivity contribution in [1.29, 1.82) is 0 Å². The van der Waals surface area contributed by atoms with Gasteiger partial charge in [-0.05, 0) is 58.8 Å². The Balaban J connectivity index is 1.57. The van der Waals surface area contributed by atoms with Gasteiger partial charge in [0.2, 0.25) is 0 Å². The average Bonchev–Trinajstić information content (AvgIpc) is 3.30. The van der Waals surface area contributed by atoms with Crippen molar-refractivity contribution in [3.05, 3.63) is 62.7 Å². The second kappa shape index (κ2) is 12.9. The SMILES string of the molecule is Cc1cc(O[C@@H]2CSc3c(-c4cc(Cl)c(F)cc4F)c(C(F)(F)F)cc4c(N5C[C@@H](C)N(C(=O)OC(C)(C)C)[C@@H](C)C5)nc(=O)n(c34)C2)no1. The van der Waals surface area contributed by atoms with Crippen LogP contribution in [0.25, 0.3) is 22.0 Å². The largest absolute Gasteiger partial charge is 0.469 e. The topological polar surface area (TPSA) is 103 Å². The van der Waals surface area contributed by atoms with E-state index in [1.807, 2.05) is 0 Å². The number of carbonyl (C=O) groups excluding carboxylic acids is 1. The van der Waals surface area contributed by atoms with Gasteiger partial charge in [0.15, 0.2) is 0 Å². The molecular formula is C33H33ClF5N5O5S. The van der Waals surface area contributed by atoms with Crippen LogP contribution in [0.5, 0.6) is 5.88 Å². The van der Waals surface area contributed by atoms with Crippen LogP contribution in [-0.2, 0) is 17.5 Å². The number of aryl methyl sites for hydroxylation is 1. The molecule has 0 radical (unpaired) electrons. The molecular weight excluding hydrogens is 709 g/mol. The van der Waals surface area contributed by atoms with Gasteiger partial charge in [0.05, 0.1) is 34.7 Å². The van der Waals surface area contributed by atoms with Crippen LogP contribution >= 0.6 is 23.4 Å². The number of halogens is 6. The van der Waals surface area contributed by atoms with E-state index >= 15 is 17.6 Å². The first kappa shape index (κ1) is 35.8. The molecule has 1 fully saturated rings. The fourth-order valence-electron chi connectivity index (χ4n) is 6.39. The summed E-state index contributed by atoms with van der Waals surface area (Å²) in [5.74, 6) is -1.89. The van der Waals surface area contributed by atoms with E-state index in [-0.39, 0.29) is 52.9 Å². The molecule has 0 N–H and O–H groups in total. The van der Waals surface area contributed by atoms with Gasteiger partial charge in [-0.3, -0.25) is 9.47 Å². The molecule has 1 amide bonds. The molecule has 4 aromatic rings. The molecule has 2 aromatic heterocycles. The Hall–Kier alpha value is -4.05. The highest BCUT2D eigenvalue weighted by atomic mass is 35.5. The van der Waals surface area contributed by atoms with Crippen LogP contribution in [0.2, 0.25) is 5.02 Å². The number of thioether (sulfide) groups is 1. The number of nitrogens with zero attached hydrogens (tertiary/aromatic N) is 5. The third-order valence-corrected chi connectivity index (χ3v) is 9.81. The first-order valence-corrected chi connectivity index (χ1v) is 17.0. The van der Waals surface area contributed by atoms with Crippen molar-refractivity contribution in [1.82, 2.24) is 19.6 Å². The van der Waals surface area contributed by atoms with Gasteiger partial charge in [-0.1, -0.05) is 11.6 Å². The molecule has 0 aliphatic carbocycles.